The topological polar surface area (TPSA) is 62.3 Å². The van der Waals surface area contributed by atoms with Gasteiger partial charge in [0.05, 0.1) is 0 Å². The van der Waals surface area contributed by atoms with E-state index in [2.05, 4.69) is 15.2 Å². The third kappa shape index (κ3) is 3.55. The largest absolute Gasteiger partial charge is 0.351 e. The van der Waals surface area contributed by atoms with Crippen LogP contribution in [0.3, 0.4) is 0 Å². The molecule has 1 N–H and O–H groups in total. The molecule has 2 aliphatic rings. The summed E-state index contributed by atoms with van der Waals surface area (Å²) < 4.78 is 24.0. The quantitative estimate of drug-likeness (QED) is 0.895. The van der Waals surface area contributed by atoms with E-state index >= 15 is 0 Å². The zero-order chi connectivity index (χ0) is 14.9. The van der Waals surface area contributed by atoms with Crippen molar-refractivity contribution in [2.45, 2.75) is 49.1 Å². The van der Waals surface area contributed by atoms with Crippen LogP contribution in [0.5, 0.6) is 0 Å². The highest BCUT2D eigenvalue weighted by Gasteiger charge is 2.34. The summed E-state index contributed by atoms with van der Waals surface area (Å²) in [5.41, 5.74) is 0. The third-order valence-corrected chi connectivity index (χ3v) is 5.36. The van der Waals surface area contributed by atoms with Gasteiger partial charge in [-0.1, -0.05) is 6.42 Å². The summed E-state index contributed by atoms with van der Waals surface area (Å²) in [4.78, 5) is 6.95. The summed E-state index contributed by atoms with van der Waals surface area (Å²) in [6.07, 6.45) is 8.85. The lowest BCUT2D eigenvalue weighted by Gasteiger charge is -2.32. The molecule has 0 aromatic carbocycles. The van der Waals surface area contributed by atoms with Crippen LogP contribution in [0.15, 0.2) is 23.2 Å². The fourth-order valence-corrected chi connectivity index (χ4v) is 3.83. The van der Waals surface area contributed by atoms with E-state index in [-0.39, 0.29) is 0 Å². The minimum atomic E-state index is -3.25. The van der Waals surface area contributed by atoms with Gasteiger partial charge in [-0.15, -0.1) is 0 Å². The fraction of sp³-hybridized carbons (Fsp3) is 0.667. The van der Waals surface area contributed by atoms with Crippen molar-refractivity contribution in [3.8, 4) is 0 Å². The number of hydrogen-bond donors (Lipinski definition) is 1. The van der Waals surface area contributed by atoms with E-state index in [0.717, 1.165) is 32.4 Å². The number of pyridine rings is 1. The molecule has 1 saturated heterocycles. The SMILES string of the molecule is CS(=O)(=O)c1cccnc1N(CC1CCCCN1)C1CC1. The van der Waals surface area contributed by atoms with Crippen LogP contribution in [0.4, 0.5) is 5.82 Å². The molecule has 21 heavy (non-hydrogen) atoms. The molecule has 2 fully saturated rings. The van der Waals surface area contributed by atoms with Crippen molar-refractivity contribution in [2.75, 3.05) is 24.2 Å². The first-order valence-electron chi connectivity index (χ1n) is 7.71. The number of rotatable bonds is 5. The number of aromatic nitrogens is 1. The summed E-state index contributed by atoms with van der Waals surface area (Å²) >= 11 is 0. The van der Waals surface area contributed by atoms with Crippen molar-refractivity contribution >= 4 is 15.7 Å². The number of sulfone groups is 1. The zero-order valence-corrected chi connectivity index (χ0v) is 13.3. The first kappa shape index (κ1) is 14.8. The molecular weight excluding hydrogens is 286 g/mol. The molecule has 3 rings (SSSR count). The first-order valence-corrected chi connectivity index (χ1v) is 9.60. The molecule has 0 radical (unpaired) electrons. The monoisotopic (exact) mass is 309 g/mol. The van der Waals surface area contributed by atoms with E-state index in [0.29, 0.717) is 22.8 Å². The molecule has 6 heteroatoms. The van der Waals surface area contributed by atoms with Crippen molar-refractivity contribution in [2.24, 2.45) is 0 Å². The highest BCUT2D eigenvalue weighted by Crippen LogP contribution is 2.34. The second-order valence-corrected chi connectivity index (χ2v) is 8.11. The molecule has 1 saturated carbocycles. The summed E-state index contributed by atoms with van der Waals surface area (Å²) in [5.74, 6) is 0.634. The van der Waals surface area contributed by atoms with Gasteiger partial charge in [-0.05, 0) is 44.4 Å². The normalized spacial score (nSPS) is 23.0. The fourth-order valence-electron chi connectivity index (χ4n) is 3.00. The molecule has 1 aromatic rings. The second kappa shape index (κ2) is 5.93. The molecular formula is C15H23N3O2S. The van der Waals surface area contributed by atoms with E-state index in [4.69, 9.17) is 0 Å². The first-order chi connectivity index (χ1) is 10.1. The number of hydrogen-bond acceptors (Lipinski definition) is 5. The van der Waals surface area contributed by atoms with Gasteiger partial charge < -0.3 is 10.2 Å². The van der Waals surface area contributed by atoms with Crippen molar-refractivity contribution in [3.63, 3.8) is 0 Å². The Kier molecular flexibility index (Phi) is 4.17. The van der Waals surface area contributed by atoms with Crippen molar-refractivity contribution in [3.05, 3.63) is 18.3 Å². The minimum absolute atomic E-state index is 0.354. The second-order valence-electron chi connectivity index (χ2n) is 6.13. The maximum absolute atomic E-state index is 12.0. The van der Waals surface area contributed by atoms with Gasteiger partial charge in [-0.3, -0.25) is 0 Å². The van der Waals surface area contributed by atoms with Crippen LogP contribution in [0, 0.1) is 0 Å². The Morgan fingerprint density at radius 2 is 2.14 bits per heavy atom. The smallest absolute Gasteiger partial charge is 0.179 e. The molecule has 1 aliphatic heterocycles. The standard InChI is InChI=1S/C15H23N3O2S/c1-21(19,20)14-6-4-10-17-15(14)18(13-7-8-13)11-12-5-2-3-9-16-12/h4,6,10,12-13,16H,2-3,5,7-9,11H2,1H3. The van der Waals surface area contributed by atoms with E-state index in [1.54, 1.807) is 18.3 Å². The van der Waals surface area contributed by atoms with E-state index in [1.807, 2.05) is 0 Å². The Balaban J connectivity index is 1.87. The molecule has 1 unspecified atom stereocenters. The maximum atomic E-state index is 12.0. The van der Waals surface area contributed by atoms with Crippen LogP contribution >= 0.6 is 0 Å². The summed E-state index contributed by atoms with van der Waals surface area (Å²) in [7, 11) is -3.25. The Hall–Kier alpha value is -1.14. The number of anilines is 1. The molecule has 2 heterocycles. The van der Waals surface area contributed by atoms with Gasteiger partial charge in [0.2, 0.25) is 0 Å². The van der Waals surface area contributed by atoms with Crippen LogP contribution in [0.2, 0.25) is 0 Å². The van der Waals surface area contributed by atoms with Gasteiger partial charge in [0, 0.05) is 31.1 Å². The van der Waals surface area contributed by atoms with Gasteiger partial charge in [0.15, 0.2) is 9.84 Å². The van der Waals surface area contributed by atoms with Gasteiger partial charge in [-0.25, -0.2) is 13.4 Å². The van der Waals surface area contributed by atoms with Gasteiger partial charge >= 0.3 is 0 Å². The Labute approximate surface area is 126 Å². The Bertz CT molecular complexity index is 593. The van der Waals surface area contributed by atoms with E-state index in [9.17, 15) is 8.42 Å². The molecule has 1 aliphatic carbocycles. The average Bonchev–Trinajstić information content (AvgIpc) is 3.30. The van der Waals surface area contributed by atoms with Crippen molar-refractivity contribution in [1.29, 1.82) is 0 Å². The molecule has 0 bridgehead atoms. The Morgan fingerprint density at radius 3 is 2.76 bits per heavy atom. The van der Waals surface area contributed by atoms with Crippen LogP contribution in [0.25, 0.3) is 0 Å². The zero-order valence-electron chi connectivity index (χ0n) is 12.5. The predicted octanol–water partition coefficient (Wildman–Crippen LogP) is 1.60. The van der Waals surface area contributed by atoms with E-state index < -0.39 is 9.84 Å². The summed E-state index contributed by atoms with van der Waals surface area (Å²) in [5, 5.41) is 3.54. The average molecular weight is 309 g/mol. The Morgan fingerprint density at radius 1 is 1.33 bits per heavy atom. The molecule has 116 valence electrons. The van der Waals surface area contributed by atoms with Crippen LogP contribution < -0.4 is 10.2 Å². The summed E-state index contributed by atoms with van der Waals surface area (Å²) in [6, 6.07) is 4.25. The molecule has 0 amide bonds. The van der Waals surface area contributed by atoms with Crippen molar-refractivity contribution < 1.29 is 8.42 Å². The lowest BCUT2D eigenvalue weighted by molar-refractivity contribution is 0.397. The highest BCUT2D eigenvalue weighted by atomic mass is 32.2. The van der Waals surface area contributed by atoms with Crippen LogP contribution in [-0.4, -0.2) is 44.8 Å². The number of nitrogens with zero attached hydrogens (tertiary/aromatic N) is 2. The highest BCUT2D eigenvalue weighted by molar-refractivity contribution is 7.90. The predicted molar refractivity (Wildman–Crippen MR) is 83.4 cm³/mol. The molecule has 0 spiro atoms. The lowest BCUT2D eigenvalue weighted by atomic mass is 10.0. The molecule has 1 aromatic heterocycles. The molecule has 5 nitrogen and oxygen atoms in total. The van der Waals surface area contributed by atoms with Crippen molar-refractivity contribution in [1.82, 2.24) is 10.3 Å². The van der Waals surface area contributed by atoms with Gasteiger partial charge in [0.1, 0.15) is 10.7 Å². The minimum Gasteiger partial charge on any atom is -0.351 e. The number of piperidine rings is 1. The van der Waals surface area contributed by atoms with E-state index in [1.165, 1.54) is 19.1 Å². The summed E-state index contributed by atoms with van der Waals surface area (Å²) in [6.45, 7) is 1.91. The van der Waals surface area contributed by atoms with Crippen LogP contribution in [0.1, 0.15) is 32.1 Å². The van der Waals surface area contributed by atoms with Gasteiger partial charge in [-0.2, -0.15) is 0 Å². The third-order valence-electron chi connectivity index (χ3n) is 4.24. The lowest BCUT2D eigenvalue weighted by Crippen LogP contribution is -2.45. The maximum Gasteiger partial charge on any atom is 0.179 e. The van der Waals surface area contributed by atoms with Crippen LogP contribution in [-0.2, 0) is 9.84 Å². The van der Waals surface area contributed by atoms with Gasteiger partial charge in [0.25, 0.3) is 0 Å². The molecule has 1 atom stereocenters. The number of nitrogens with one attached hydrogen (secondary N) is 1.